The lowest BCUT2D eigenvalue weighted by atomic mass is 10.0. The van der Waals surface area contributed by atoms with Crippen molar-refractivity contribution in [3.8, 4) is 17.6 Å². The molecule has 0 saturated carbocycles. The van der Waals surface area contributed by atoms with E-state index in [2.05, 4.69) is 35.8 Å². The molecule has 154 valence electrons. The van der Waals surface area contributed by atoms with Gasteiger partial charge in [0.1, 0.15) is 17.6 Å². The zero-order chi connectivity index (χ0) is 21.1. The standard InChI is InChI=1S/C24H28BrNO3/c1-3-5-7-9-18-10-12-22(20(15-18)17-26)29-24(27)19-11-13-23(21(25)16-19)28-14-8-6-4-2/h10-13,15-16H,3-9,14H2,1-2H3. The summed E-state index contributed by atoms with van der Waals surface area (Å²) in [5.74, 6) is 0.484. The molecule has 2 aromatic carbocycles. The minimum absolute atomic E-state index is 0.285. The van der Waals surface area contributed by atoms with Gasteiger partial charge in [0, 0.05) is 0 Å². The molecular weight excluding hydrogens is 430 g/mol. The van der Waals surface area contributed by atoms with Crippen molar-refractivity contribution in [3.05, 3.63) is 57.6 Å². The van der Waals surface area contributed by atoms with Crippen LogP contribution in [-0.2, 0) is 6.42 Å². The molecule has 0 spiro atoms. The van der Waals surface area contributed by atoms with E-state index < -0.39 is 5.97 Å². The van der Waals surface area contributed by atoms with E-state index in [1.54, 1.807) is 30.3 Å². The largest absolute Gasteiger partial charge is 0.492 e. The first kappa shape index (κ1) is 23.0. The van der Waals surface area contributed by atoms with Crippen molar-refractivity contribution in [3.63, 3.8) is 0 Å². The summed E-state index contributed by atoms with van der Waals surface area (Å²) < 4.78 is 11.9. The van der Waals surface area contributed by atoms with Crippen LogP contribution >= 0.6 is 15.9 Å². The van der Waals surface area contributed by atoms with E-state index in [4.69, 9.17) is 9.47 Å². The van der Waals surface area contributed by atoms with E-state index >= 15 is 0 Å². The van der Waals surface area contributed by atoms with Gasteiger partial charge < -0.3 is 9.47 Å². The van der Waals surface area contributed by atoms with Crippen LogP contribution in [0.3, 0.4) is 0 Å². The third-order valence-electron chi connectivity index (χ3n) is 4.61. The van der Waals surface area contributed by atoms with Crippen molar-refractivity contribution >= 4 is 21.9 Å². The molecule has 0 amide bonds. The first-order chi connectivity index (χ1) is 14.1. The molecule has 2 aromatic rings. The van der Waals surface area contributed by atoms with Crippen molar-refractivity contribution in [2.75, 3.05) is 6.61 Å². The number of hydrogen-bond acceptors (Lipinski definition) is 4. The number of halogens is 1. The molecule has 0 aliphatic carbocycles. The molecule has 0 aliphatic rings. The molecule has 0 unspecified atom stereocenters. The Hall–Kier alpha value is -2.32. The number of benzene rings is 2. The van der Waals surface area contributed by atoms with Crippen LogP contribution in [0.4, 0.5) is 0 Å². The molecule has 0 radical (unpaired) electrons. The molecule has 0 N–H and O–H groups in total. The molecule has 0 aliphatic heterocycles. The summed E-state index contributed by atoms with van der Waals surface area (Å²) in [4.78, 5) is 12.5. The number of carbonyl (C=O) groups excluding carboxylic acids is 1. The number of aryl methyl sites for hydroxylation is 1. The molecule has 5 heteroatoms. The summed E-state index contributed by atoms with van der Waals surface area (Å²) >= 11 is 3.45. The fourth-order valence-corrected chi connectivity index (χ4v) is 3.42. The summed E-state index contributed by atoms with van der Waals surface area (Å²) in [5.41, 5.74) is 1.86. The first-order valence-electron chi connectivity index (χ1n) is 10.3. The number of rotatable bonds is 11. The van der Waals surface area contributed by atoms with E-state index in [9.17, 15) is 10.1 Å². The molecule has 29 heavy (non-hydrogen) atoms. The quantitative estimate of drug-likeness (QED) is 0.210. The van der Waals surface area contributed by atoms with E-state index in [0.29, 0.717) is 28.0 Å². The number of unbranched alkanes of at least 4 members (excludes halogenated alkanes) is 4. The molecule has 4 nitrogen and oxygen atoms in total. The molecule has 0 bridgehead atoms. The van der Waals surface area contributed by atoms with E-state index in [1.807, 2.05) is 6.07 Å². The van der Waals surface area contributed by atoms with Crippen LogP contribution in [0, 0.1) is 11.3 Å². The Kier molecular flexibility index (Phi) is 9.73. The maximum Gasteiger partial charge on any atom is 0.343 e. The molecule has 0 fully saturated rings. The second-order valence-electron chi connectivity index (χ2n) is 6.99. The van der Waals surface area contributed by atoms with Crippen molar-refractivity contribution in [1.82, 2.24) is 0 Å². The van der Waals surface area contributed by atoms with Gasteiger partial charge in [-0.15, -0.1) is 0 Å². The van der Waals surface area contributed by atoms with Crippen LogP contribution < -0.4 is 9.47 Å². The maximum atomic E-state index is 12.5. The Labute approximate surface area is 182 Å². The van der Waals surface area contributed by atoms with E-state index in [-0.39, 0.29) is 5.75 Å². The predicted molar refractivity (Wildman–Crippen MR) is 119 cm³/mol. The average Bonchev–Trinajstić information content (AvgIpc) is 2.73. The fourth-order valence-electron chi connectivity index (χ4n) is 2.93. The number of nitriles is 1. The monoisotopic (exact) mass is 457 g/mol. The molecule has 0 atom stereocenters. The first-order valence-corrected chi connectivity index (χ1v) is 11.1. The predicted octanol–water partition coefficient (Wildman–Crippen LogP) is 6.84. The minimum atomic E-state index is -0.501. The summed E-state index contributed by atoms with van der Waals surface area (Å²) in [6, 6.07) is 12.7. The lowest BCUT2D eigenvalue weighted by Gasteiger charge is -2.11. The van der Waals surface area contributed by atoms with Crippen molar-refractivity contribution in [1.29, 1.82) is 5.26 Å². The van der Waals surface area contributed by atoms with E-state index in [1.165, 1.54) is 0 Å². The van der Waals surface area contributed by atoms with Gasteiger partial charge in [0.05, 0.1) is 22.2 Å². The van der Waals surface area contributed by atoms with Crippen LogP contribution in [-0.4, -0.2) is 12.6 Å². The number of nitrogens with zero attached hydrogens (tertiary/aromatic N) is 1. The lowest BCUT2D eigenvalue weighted by Crippen LogP contribution is -2.10. The highest BCUT2D eigenvalue weighted by Gasteiger charge is 2.14. The van der Waals surface area contributed by atoms with Crippen LogP contribution in [0.15, 0.2) is 40.9 Å². The normalized spacial score (nSPS) is 10.4. The van der Waals surface area contributed by atoms with Gasteiger partial charge >= 0.3 is 5.97 Å². The van der Waals surface area contributed by atoms with Gasteiger partial charge in [-0.3, -0.25) is 0 Å². The van der Waals surface area contributed by atoms with Crippen molar-refractivity contribution in [2.45, 2.75) is 58.8 Å². The Morgan fingerprint density at radius 1 is 1.00 bits per heavy atom. The third kappa shape index (κ3) is 7.21. The van der Waals surface area contributed by atoms with Crippen molar-refractivity contribution < 1.29 is 14.3 Å². The Bertz CT molecular complexity index is 858. The average molecular weight is 458 g/mol. The highest BCUT2D eigenvalue weighted by atomic mass is 79.9. The number of esters is 1. The summed E-state index contributed by atoms with van der Waals surface area (Å²) in [5, 5.41) is 9.43. The van der Waals surface area contributed by atoms with Gasteiger partial charge in [-0.25, -0.2) is 4.79 Å². The SMILES string of the molecule is CCCCCOc1ccc(C(=O)Oc2ccc(CCCCC)cc2C#N)cc1Br. The smallest absolute Gasteiger partial charge is 0.343 e. The number of hydrogen-bond donors (Lipinski definition) is 0. The molecule has 0 aromatic heterocycles. The molecule has 0 saturated heterocycles. The summed E-state index contributed by atoms with van der Waals surface area (Å²) in [6.07, 6.45) is 7.58. The zero-order valence-corrected chi connectivity index (χ0v) is 18.8. The van der Waals surface area contributed by atoms with Gasteiger partial charge in [0.2, 0.25) is 0 Å². The van der Waals surface area contributed by atoms with Gasteiger partial charge in [-0.1, -0.05) is 45.6 Å². The Balaban J connectivity index is 2.04. The molecular formula is C24H28BrNO3. The van der Waals surface area contributed by atoms with Crippen LogP contribution in [0.1, 0.15) is 73.9 Å². The second kappa shape index (κ2) is 12.3. The Morgan fingerprint density at radius 2 is 1.72 bits per heavy atom. The second-order valence-corrected chi connectivity index (χ2v) is 7.84. The van der Waals surface area contributed by atoms with Crippen LogP contribution in [0.5, 0.6) is 11.5 Å². The summed E-state index contributed by atoms with van der Waals surface area (Å²) in [6.45, 7) is 4.95. The Morgan fingerprint density at radius 3 is 2.41 bits per heavy atom. The summed E-state index contributed by atoms with van der Waals surface area (Å²) in [7, 11) is 0. The fraction of sp³-hybridized carbons (Fsp3) is 0.417. The lowest BCUT2D eigenvalue weighted by molar-refractivity contribution is 0.0734. The van der Waals surface area contributed by atoms with Crippen molar-refractivity contribution in [2.24, 2.45) is 0 Å². The van der Waals surface area contributed by atoms with Crippen LogP contribution in [0.2, 0.25) is 0 Å². The highest BCUT2D eigenvalue weighted by molar-refractivity contribution is 9.10. The van der Waals surface area contributed by atoms with Gasteiger partial charge in [0.15, 0.2) is 0 Å². The number of ether oxygens (including phenoxy) is 2. The minimum Gasteiger partial charge on any atom is -0.492 e. The maximum absolute atomic E-state index is 12.5. The van der Waals surface area contributed by atoms with E-state index in [0.717, 1.165) is 50.5 Å². The highest BCUT2D eigenvalue weighted by Crippen LogP contribution is 2.28. The molecule has 2 rings (SSSR count). The van der Waals surface area contributed by atoms with Crippen LogP contribution in [0.25, 0.3) is 0 Å². The number of carbonyl (C=O) groups is 1. The van der Waals surface area contributed by atoms with Gasteiger partial charge in [-0.05, 0) is 71.1 Å². The zero-order valence-electron chi connectivity index (χ0n) is 17.2. The third-order valence-corrected chi connectivity index (χ3v) is 5.23. The van der Waals surface area contributed by atoms with Gasteiger partial charge in [-0.2, -0.15) is 5.26 Å². The van der Waals surface area contributed by atoms with Gasteiger partial charge in [0.25, 0.3) is 0 Å². The molecule has 0 heterocycles. The topological polar surface area (TPSA) is 59.3 Å².